The number of rotatable bonds is 4. The molecule has 0 saturated heterocycles. The largest absolute Gasteiger partial charge is 0.477 e. The Kier molecular flexibility index (Phi) is 3.41. The highest BCUT2D eigenvalue weighted by Gasteiger charge is 2.21. The first-order valence-electron chi connectivity index (χ1n) is 5.40. The van der Waals surface area contributed by atoms with Crippen molar-refractivity contribution in [3.63, 3.8) is 0 Å². The van der Waals surface area contributed by atoms with E-state index in [-0.39, 0.29) is 5.69 Å². The number of aromatic carboxylic acids is 1. The molecule has 1 heterocycles. The summed E-state index contributed by atoms with van der Waals surface area (Å²) in [5.74, 6) is -1.33. The zero-order chi connectivity index (χ0) is 14.0. The molecule has 0 spiro atoms. The van der Waals surface area contributed by atoms with E-state index in [1.807, 2.05) is 30.3 Å². The third-order valence-electron chi connectivity index (χ3n) is 2.65. The van der Waals surface area contributed by atoms with Gasteiger partial charge in [-0.1, -0.05) is 30.3 Å². The van der Waals surface area contributed by atoms with E-state index < -0.39 is 16.2 Å². The molecule has 7 heteroatoms. The van der Waals surface area contributed by atoms with E-state index in [1.54, 1.807) is 0 Å². The minimum absolute atomic E-state index is 0.324. The van der Waals surface area contributed by atoms with E-state index in [1.165, 1.54) is 6.07 Å². The molecule has 19 heavy (non-hydrogen) atoms. The van der Waals surface area contributed by atoms with E-state index in [9.17, 15) is 13.2 Å². The van der Waals surface area contributed by atoms with Crippen LogP contribution in [0, 0.1) is 0 Å². The zero-order valence-electron chi connectivity index (χ0n) is 9.85. The maximum atomic E-state index is 11.3. The summed E-state index contributed by atoms with van der Waals surface area (Å²) in [6.45, 7) is 0. The molecule has 0 aliphatic heterocycles. The minimum atomic E-state index is -4.11. The van der Waals surface area contributed by atoms with Crippen LogP contribution in [0.1, 0.15) is 21.6 Å². The Hall–Kier alpha value is -2.12. The summed E-state index contributed by atoms with van der Waals surface area (Å²) in [4.78, 5) is 11.2. The van der Waals surface area contributed by atoms with Gasteiger partial charge in [0.05, 0.1) is 0 Å². The van der Waals surface area contributed by atoms with Gasteiger partial charge in [0.2, 0.25) is 0 Å². The van der Waals surface area contributed by atoms with Gasteiger partial charge in [-0.15, -0.1) is 0 Å². The van der Waals surface area contributed by atoms with Crippen LogP contribution in [0.15, 0.2) is 42.6 Å². The lowest BCUT2D eigenvalue weighted by Crippen LogP contribution is -2.25. The van der Waals surface area contributed by atoms with Gasteiger partial charge in [0.15, 0.2) is 0 Å². The van der Waals surface area contributed by atoms with Gasteiger partial charge < -0.3 is 5.11 Å². The van der Waals surface area contributed by atoms with Crippen LogP contribution in [0.25, 0.3) is 0 Å². The van der Waals surface area contributed by atoms with Gasteiger partial charge in [0.1, 0.15) is 5.69 Å². The first-order valence-corrected chi connectivity index (χ1v) is 6.90. The van der Waals surface area contributed by atoms with Crippen LogP contribution in [0.4, 0.5) is 0 Å². The predicted octanol–water partition coefficient (Wildman–Crippen LogP) is 0.829. The highest BCUT2D eigenvalue weighted by Crippen LogP contribution is 2.17. The molecule has 0 unspecified atom stereocenters. The van der Waals surface area contributed by atoms with E-state index in [4.69, 9.17) is 10.2 Å². The molecule has 6 nitrogen and oxygen atoms in total. The summed E-state index contributed by atoms with van der Waals surface area (Å²) >= 11 is 0. The van der Waals surface area contributed by atoms with Gasteiger partial charge >= 0.3 is 16.2 Å². The Labute approximate surface area is 110 Å². The summed E-state index contributed by atoms with van der Waals surface area (Å²) < 4.78 is 23.2. The third-order valence-corrected chi connectivity index (χ3v) is 3.50. The summed E-state index contributed by atoms with van der Waals surface area (Å²) in [7, 11) is -4.11. The number of nitrogens with two attached hydrogens (primary N) is 1. The second-order valence-electron chi connectivity index (χ2n) is 4.00. The van der Waals surface area contributed by atoms with E-state index in [0.29, 0.717) is 16.0 Å². The number of benzene rings is 1. The van der Waals surface area contributed by atoms with Crippen LogP contribution >= 0.6 is 0 Å². The van der Waals surface area contributed by atoms with Gasteiger partial charge in [-0.05, 0) is 23.6 Å². The molecule has 0 radical (unpaired) electrons. The Bertz CT molecular complexity index is 705. The lowest BCUT2D eigenvalue weighted by Gasteiger charge is -2.05. The van der Waals surface area contributed by atoms with Gasteiger partial charge in [-0.3, -0.25) is 0 Å². The molecule has 0 amide bonds. The summed E-state index contributed by atoms with van der Waals surface area (Å²) in [6, 6.07) is 10.6. The molecular weight excluding hydrogens is 268 g/mol. The van der Waals surface area contributed by atoms with Gasteiger partial charge in [-0.25, -0.2) is 13.9 Å². The van der Waals surface area contributed by atoms with Crippen LogP contribution < -0.4 is 5.14 Å². The molecule has 0 atom stereocenters. The van der Waals surface area contributed by atoms with Crippen molar-refractivity contribution in [1.82, 2.24) is 3.97 Å². The fourth-order valence-corrected chi connectivity index (χ4v) is 2.54. The van der Waals surface area contributed by atoms with Crippen molar-refractivity contribution in [3.8, 4) is 0 Å². The van der Waals surface area contributed by atoms with Crippen LogP contribution in [0.5, 0.6) is 0 Å². The molecule has 0 aliphatic rings. The lowest BCUT2D eigenvalue weighted by atomic mass is 10.1. The topological polar surface area (TPSA) is 102 Å². The quantitative estimate of drug-likeness (QED) is 0.865. The van der Waals surface area contributed by atoms with Crippen molar-refractivity contribution in [2.75, 3.05) is 0 Å². The minimum Gasteiger partial charge on any atom is -0.477 e. The molecule has 0 bridgehead atoms. The number of hydrogen-bond donors (Lipinski definition) is 2. The van der Waals surface area contributed by atoms with Crippen molar-refractivity contribution in [3.05, 3.63) is 59.4 Å². The fraction of sp³-hybridized carbons (Fsp3) is 0.0833. The average Bonchev–Trinajstić information content (AvgIpc) is 2.74. The molecule has 0 aliphatic carbocycles. The van der Waals surface area contributed by atoms with Crippen LogP contribution in [-0.4, -0.2) is 23.5 Å². The van der Waals surface area contributed by atoms with Gasteiger partial charge in [-0.2, -0.15) is 8.42 Å². The number of hydrogen-bond acceptors (Lipinski definition) is 3. The first-order chi connectivity index (χ1) is 8.89. The van der Waals surface area contributed by atoms with E-state index in [0.717, 1.165) is 11.8 Å². The molecular formula is C12H12N2O4S. The number of nitrogens with zero attached hydrogens (tertiary/aromatic N) is 1. The number of carbonyl (C=O) groups is 1. The highest BCUT2D eigenvalue weighted by molar-refractivity contribution is 7.87. The fourth-order valence-electron chi connectivity index (χ4n) is 1.85. The smallest absolute Gasteiger partial charge is 0.353 e. The van der Waals surface area contributed by atoms with Crippen molar-refractivity contribution in [2.45, 2.75) is 6.42 Å². The number of carboxylic acid groups (broad SMARTS) is 1. The Morgan fingerprint density at radius 1 is 1.21 bits per heavy atom. The Morgan fingerprint density at radius 2 is 1.84 bits per heavy atom. The maximum Gasteiger partial charge on any atom is 0.353 e. The van der Waals surface area contributed by atoms with Gasteiger partial charge in [0.25, 0.3) is 0 Å². The molecule has 1 aromatic carbocycles. The van der Waals surface area contributed by atoms with Crippen LogP contribution in [0.3, 0.4) is 0 Å². The monoisotopic (exact) mass is 280 g/mol. The molecule has 100 valence electrons. The number of carboxylic acids is 1. The normalized spacial score (nSPS) is 11.4. The SMILES string of the molecule is NS(=O)(=O)n1ccc(Cc2ccccc2)c1C(=O)O. The molecule has 0 saturated carbocycles. The van der Waals surface area contributed by atoms with Crippen molar-refractivity contribution in [2.24, 2.45) is 5.14 Å². The molecule has 3 N–H and O–H groups in total. The van der Waals surface area contributed by atoms with Crippen LogP contribution in [-0.2, 0) is 16.6 Å². The number of aromatic nitrogens is 1. The Morgan fingerprint density at radius 3 is 2.37 bits per heavy atom. The maximum absolute atomic E-state index is 11.3. The summed E-state index contributed by atoms with van der Waals surface area (Å²) in [6.07, 6.45) is 1.47. The Balaban J connectivity index is 2.48. The second-order valence-corrected chi connectivity index (χ2v) is 5.42. The predicted molar refractivity (Wildman–Crippen MR) is 69.1 cm³/mol. The van der Waals surface area contributed by atoms with E-state index in [2.05, 4.69) is 0 Å². The van der Waals surface area contributed by atoms with E-state index >= 15 is 0 Å². The molecule has 2 rings (SSSR count). The summed E-state index contributed by atoms with van der Waals surface area (Å²) in [5, 5.41) is 14.1. The second kappa shape index (κ2) is 4.87. The standard InChI is InChI=1S/C12H12N2O4S/c13-19(17,18)14-7-6-10(11(14)12(15)16)8-9-4-2-1-3-5-9/h1-7H,8H2,(H,15,16)(H2,13,17,18). The van der Waals surface area contributed by atoms with Crippen molar-refractivity contribution < 1.29 is 18.3 Å². The third kappa shape index (κ3) is 2.83. The average molecular weight is 280 g/mol. The van der Waals surface area contributed by atoms with Crippen molar-refractivity contribution in [1.29, 1.82) is 0 Å². The van der Waals surface area contributed by atoms with Crippen molar-refractivity contribution >= 4 is 16.2 Å². The summed E-state index contributed by atoms with van der Waals surface area (Å²) in [5.41, 5.74) is 0.955. The lowest BCUT2D eigenvalue weighted by molar-refractivity contribution is 0.0688. The molecule has 1 aromatic heterocycles. The van der Waals surface area contributed by atoms with Gasteiger partial charge in [0, 0.05) is 6.20 Å². The first kappa shape index (κ1) is 13.3. The molecule has 0 fully saturated rings. The van der Waals surface area contributed by atoms with Crippen LogP contribution in [0.2, 0.25) is 0 Å². The molecule has 2 aromatic rings. The highest BCUT2D eigenvalue weighted by atomic mass is 32.2. The zero-order valence-corrected chi connectivity index (χ0v) is 10.7.